The maximum atomic E-state index is 13.3. The van der Waals surface area contributed by atoms with Crippen LogP contribution in [0.4, 0.5) is 8.78 Å². The fraction of sp³-hybridized carbons (Fsp3) is 0.600. The van der Waals surface area contributed by atoms with E-state index < -0.39 is 5.92 Å². The monoisotopic (exact) mass is 253 g/mol. The van der Waals surface area contributed by atoms with Crippen LogP contribution in [0.25, 0.3) is 0 Å². The maximum Gasteiger partial charge on any atom is 0.248 e. The SMILES string of the molecule is Cc1ccc(C)c(C2(CN)CCC(F)(F)CC2)c1. The van der Waals surface area contributed by atoms with Crippen molar-refractivity contribution < 1.29 is 8.78 Å². The van der Waals surface area contributed by atoms with Crippen LogP contribution in [-0.4, -0.2) is 12.5 Å². The summed E-state index contributed by atoms with van der Waals surface area (Å²) in [5.41, 5.74) is 9.18. The molecule has 0 atom stereocenters. The molecule has 1 aliphatic rings. The van der Waals surface area contributed by atoms with Gasteiger partial charge in [0.25, 0.3) is 0 Å². The van der Waals surface area contributed by atoms with E-state index in [1.54, 1.807) is 0 Å². The number of nitrogens with two attached hydrogens (primary N) is 1. The Hall–Kier alpha value is -0.960. The lowest BCUT2D eigenvalue weighted by atomic mass is 9.67. The highest BCUT2D eigenvalue weighted by Gasteiger charge is 2.44. The molecule has 0 radical (unpaired) electrons. The zero-order chi connectivity index (χ0) is 13.4. The predicted molar refractivity (Wildman–Crippen MR) is 70.1 cm³/mol. The standard InChI is InChI=1S/C15H21F2N/c1-11-3-4-12(2)13(9-11)14(10-18)5-7-15(16,17)8-6-14/h3-4,9H,5-8,10,18H2,1-2H3. The van der Waals surface area contributed by atoms with Crippen LogP contribution >= 0.6 is 0 Å². The summed E-state index contributed by atoms with van der Waals surface area (Å²) in [4.78, 5) is 0. The van der Waals surface area contributed by atoms with Gasteiger partial charge in [-0.1, -0.05) is 23.8 Å². The zero-order valence-electron chi connectivity index (χ0n) is 11.1. The Morgan fingerprint density at radius 2 is 1.72 bits per heavy atom. The molecule has 0 aromatic heterocycles. The largest absolute Gasteiger partial charge is 0.330 e. The highest BCUT2D eigenvalue weighted by atomic mass is 19.3. The molecule has 0 unspecified atom stereocenters. The number of rotatable bonds is 2. The molecular formula is C15H21F2N. The number of halogens is 2. The van der Waals surface area contributed by atoms with E-state index in [1.165, 1.54) is 11.1 Å². The number of hydrogen-bond donors (Lipinski definition) is 1. The second kappa shape index (κ2) is 4.61. The first-order valence-corrected chi connectivity index (χ1v) is 6.54. The first kappa shape index (κ1) is 13.5. The smallest absolute Gasteiger partial charge is 0.248 e. The third-order valence-corrected chi connectivity index (χ3v) is 4.29. The van der Waals surface area contributed by atoms with E-state index in [1.807, 2.05) is 13.8 Å². The van der Waals surface area contributed by atoms with E-state index >= 15 is 0 Å². The lowest BCUT2D eigenvalue weighted by Gasteiger charge is -2.40. The molecule has 0 heterocycles. The first-order chi connectivity index (χ1) is 8.38. The average molecular weight is 253 g/mol. The Balaban J connectivity index is 2.36. The Kier molecular flexibility index (Phi) is 3.45. The quantitative estimate of drug-likeness (QED) is 0.854. The van der Waals surface area contributed by atoms with E-state index in [0.29, 0.717) is 19.4 Å². The molecule has 0 saturated heterocycles. The molecule has 0 amide bonds. The summed E-state index contributed by atoms with van der Waals surface area (Å²) < 4.78 is 26.7. The molecule has 0 spiro atoms. The van der Waals surface area contributed by atoms with E-state index in [-0.39, 0.29) is 18.3 Å². The van der Waals surface area contributed by atoms with Crippen LogP contribution < -0.4 is 5.73 Å². The fourth-order valence-corrected chi connectivity index (χ4v) is 2.98. The van der Waals surface area contributed by atoms with E-state index in [9.17, 15) is 8.78 Å². The van der Waals surface area contributed by atoms with Gasteiger partial charge in [-0.3, -0.25) is 0 Å². The van der Waals surface area contributed by atoms with Crippen LogP contribution in [-0.2, 0) is 5.41 Å². The van der Waals surface area contributed by atoms with Gasteiger partial charge < -0.3 is 5.73 Å². The minimum Gasteiger partial charge on any atom is -0.330 e. The summed E-state index contributed by atoms with van der Waals surface area (Å²) >= 11 is 0. The molecule has 2 rings (SSSR count). The van der Waals surface area contributed by atoms with Crippen molar-refractivity contribution in [2.75, 3.05) is 6.54 Å². The van der Waals surface area contributed by atoms with Gasteiger partial charge in [0.1, 0.15) is 0 Å². The summed E-state index contributed by atoms with van der Waals surface area (Å²) in [6.45, 7) is 4.52. The number of alkyl halides is 2. The van der Waals surface area contributed by atoms with Crippen molar-refractivity contribution >= 4 is 0 Å². The summed E-state index contributed by atoms with van der Waals surface area (Å²) in [6, 6.07) is 6.24. The minimum atomic E-state index is -2.50. The van der Waals surface area contributed by atoms with Gasteiger partial charge in [-0.2, -0.15) is 0 Å². The van der Waals surface area contributed by atoms with E-state index in [2.05, 4.69) is 18.2 Å². The number of benzene rings is 1. The third kappa shape index (κ3) is 2.41. The molecule has 2 N–H and O–H groups in total. The second-order valence-corrected chi connectivity index (χ2v) is 5.66. The molecule has 1 nitrogen and oxygen atoms in total. The van der Waals surface area contributed by atoms with Crippen molar-refractivity contribution in [3.05, 3.63) is 34.9 Å². The number of hydrogen-bond acceptors (Lipinski definition) is 1. The second-order valence-electron chi connectivity index (χ2n) is 5.66. The van der Waals surface area contributed by atoms with Crippen molar-refractivity contribution in [2.45, 2.75) is 50.9 Å². The Morgan fingerprint density at radius 1 is 1.11 bits per heavy atom. The Morgan fingerprint density at radius 3 is 2.28 bits per heavy atom. The molecule has 1 saturated carbocycles. The van der Waals surface area contributed by atoms with Gasteiger partial charge in [-0.15, -0.1) is 0 Å². The molecule has 3 heteroatoms. The van der Waals surface area contributed by atoms with Gasteiger partial charge in [-0.05, 0) is 37.8 Å². The molecule has 1 fully saturated rings. The van der Waals surface area contributed by atoms with Gasteiger partial charge >= 0.3 is 0 Å². The van der Waals surface area contributed by atoms with Crippen molar-refractivity contribution in [2.24, 2.45) is 5.73 Å². The van der Waals surface area contributed by atoms with Crippen LogP contribution in [0.2, 0.25) is 0 Å². The third-order valence-electron chi connectivity index (χ3n) is 4.29. The summed E-state index contributed by atoms with van der Waals surface area (Å²) in [5.74, 6) is -2.50. The van der Waals surface area contributed by atoms with E-state index in [4.69, 9.17) is 5.73 Å². The molecule has 1 aliphatic carbocycles. The first-order valence-electron chi connectivity index (χ1n) is 6.54. The van der Waals surface area contributed by atoms with Crippen LogP contribution in [0, 0.1) is 13.8 Å². The summed E-state index contributed by atoms with van der Waals surface area (Å²) in [5, 5.41) is 0. The lowest BCUT2D eigenvalue weighted by Crippen LogP contribution is -2.42. The minimum absolute atomic E-state index is 0.0441. The van der Waals surface area contributed by atoms with Gasteiger partial charge in [0, 0.05) is 24.8 Å². The Bertz CT molecular complexity index is 430. The predicted octanol–water partition coefficient (Wildman–Crippen LogP) is 3.71. The van der Waals surface area contributed by atoms with Crippen molar-refractivity contribution in [1.29, 1.82) is 0 Å². The van der Waals surface area contributed by atoms with Gasteiger partial charge in [0.05, 0.1) is 0 Å². The lowest BCUT2D eigenvalue weighted by molar-refractivity contribution is -0.0509. The summed E-state index contributed by atoms with van der Waals surface area (Å²) in [7, 11) is 0. The van der Waals surface area contributed by atoms with Crippen molar-refractivity contribution in [3.8, 4) is 0 Å². The van der Waals surface area contributed by atoms with Crippen LogP contribution in [0.15, 0.2) is 18.2 Å². The molecule has 0 bridgehead atoms. The van der Waals surface area contributed by atoms with Crippen LogP contribution in [0.3, 0.4) is 0 Å². The summed E-state index contributed by atoms with van der Waals surface area (Å²) in [6.07, 6.45) is 0.886. The average Bonchev–Trinajstić information content (AvgIpc) is 2.33. The van der Waals surface area contributed by atoms with Gasteiger partial charge in [-0.25, -0.2) is 8.78 Å². The van der Waals surface area contributed by atoms with Gasteiger partial charge in [0.2, 0.25) is 5.92 Å². The van der Waals surface area contributed by atoms with Crippen molar-refractivity contribution in [1.82, 2.24) is 0 Å². The van der Waals surface area contributed by atoms with E-state index in [0.717, 1.165) is 5.56 Å². The molecule has 1 aromatic rings. The fourth-order valence-electron chi connectivity index (χ4n) is 2.98. The normalized spacial score (nSPS) is 21.8. The zero-order valence-corrected chi connectivity index (χ0v) is 11.1. The molecule has 0 aliphatic heterocycles. The molecule has 100 valence electrons. The molecule has 1 aromatic carbocycles. The molecular weight excluding hydrogens is 232 g/mol. The van der Waals surface area contributed by atoms with Crippen molar-refractivity contribution in [3.63, 3.8) is 0 Å². The van der Waals surface area contributed by atoms with Crippen LogP contribution in [0.1, 0.15) is 42.4 Å². The van der Waals surface area contributed by atoms with Gasteiger partial charge in [0.15, 0.2) is 0 Å². The highest BCUT2D eigenvalue weighted by Crippen LogP contribution is 2.45. The number of aryl methyl sites for hydroxylation is 2. The highest BCUT2D eigenvalue weighted by molar-refractivity contribution is 5.37. The van der Waals surface area contributed by atoms with Crippen LogP contribution in [0.5, 0.6) is 0 Å². The maximum absolute atomic E-state index is 13.3. The molecule has 18 heavy (non-hydrogen) atoms. The topological polar surface area (TPSA) is 26.0 Å². The Labute approximate surface area is 107 Å².